The van der Waals surface area contributed by atoms with E-state index >= 15 is 0 Å². The highest BCUT2D eigenvalue weighted by molar-refractivity contribution is 5.83. The van der Waals surface area contributed by atoms with Crippen molar-refractivity contribution >= 4 is 10.9 Å². The maximum Gasteiger partial charge on any atom is 0.434 e. The number of benzene rings is 1. The Kier molecular flexibility index (Phi) is 3.53. The smallest absolute Gasteiger partial charge is 0.299 e. The van der Waals surface area contributed by atoms with Crippen molar-refractivity contribution in [2.75, 3.05) is 0 Å². The fraction of sp³-hybridized carbons (Fsp3) is 0.118. The van der Waals surface area contributed by atoms with Gasteiger partial charge >= 0.3 is 6.18 Å². The quantitative estimate of drug-likeness (QED) is 0.428. The van der Waals surface area contributed by atoms with Crippen LogP contribution in [0.15, 0.2) is 42.9 Å². The molecule has 1 aromatic carbocycles. The van der Waals surface area contributed by atoms with Crippen molar-refractivity contribution in [3.05, 3.63) is 60.1 Å². The number of hydrogen-bond donors (Lipinski definition) is 1. The van der Waals surface area contributed by atoms with E-state index in [-0.39, 0.29) is 11.4 Å². The molecule has 9 heteroatoms. The predicted octanol–water partition coefficient (Wildman–Crippen LogP) is 4.28. The molecule has 3 aromatic heterocycles. The van der Waals surface area contributed by atoms with Crippen molar-refractivity contribution < 1.29 is 17.6 Å². The lowest BCUT2D eigenvalue weighted by atomic mass is 10.1. The van der Waals surface area contributed by atoms with Gasteiger partial charge in [0, 0.05) is 35.1 Å². The van der Waals surface area contributed by atoms with Crippen LogP contribution in [0, 0.1) is 12.9 Å². The Balaban J connectivity index is 1.98. The van der Waals surface area contributed by atoms with Gasteiger partial charge in [0.05, 0.1) is 11.7 Å². The molecule has 0 aliphatic rings. The lowest BCUT2D eigenvalue weighted by Gasteiger charge is -2.09. The van der Waals surface area contributed by atoms with Gasteiger partial charge in [0.15, 0.2) is 5.69 Å². The minimum Gasteiger partial charge on any atom is -0.299 e. The number of H-pyrrole nitrogens is 1. The van der Waals surface area contributed by atoms with Gasteiger partial charge in [-0.1, -0.05) is 0 Å². The Labute approximate surface area is 144 Å². The van der Waals surface area contributed by atoms with Crippen LogP contribution in [0.3, 0.4) is 0 Å². The number of aromatic nitrogens is 5. The van der Waals surface area contributed by atoms with Crippen molar-refractivity contribution in [3.63, 3.8) is 0 Å². The Morgan fingerprint density at radius 1 is 1.15 bits per heavy atom. The van der Waals surface area contributed by atoms with Gasteiger partial charge in [-0.05, 0) is 30.7 Å². The summed E-state index contributed by atoms with van der Waals surface area (Å²) in [5.74, 6) is -0.826. The number of alkyl halides is 3. The minimum absolute atomic E-state index is 0.0270. The molecule has 4 rings (SSSR count). The molecule has 0 radical (unpaired) electrons. The van der Waals surface area contributed by atoms with Crippen molar-refractivity contribution in [3.8, 4) is 17.1 Å². The average molecular weight is 361 g/mol. The molecule has 0 saturated heterocycles. The lowest BCUT2D eigenvalue weighted by molar-refractivity contribution is -0.140. The summed E-state index contributed by atoms with van der Waals surface area (Å²) in [7, 11) is 0. The highest BCUT2D eigenvalue weighted by Crippen LogP contribution is 2.33. The average Bonchev–Trinajstić information content (AvgIpc) is 3.21. The topological polar surface area (TPSA) is 59.4 Å². The third-order valence-electron chi connectivity index (χ3n) is 3.99. The molecule has 0 spiro atoms. The van der Waals surface area contributed by atoms with Gasteiger partial charge in [0.25, 0.3) is 0 Å². The van der Waals surface area contributed by atoms with Gasteiger partial charge in [0.1, 0.15) is 5.82 Å². The van der Waals surface area contributed by atoms with Gasteiger partial charge in [-0.15, -0.1) is 0 Å². The van der Waals surface area contributed by atoms with Crippen LogP contribution < -0.4 is 0 Å². The van der Waals surface area contributed by atoms with Crippen molar-refractivity contribution in [2.45, 2.75) is 13.1 Å². The Morgan fingerprint density at radius 3 is 2.69 bits per heavy atom. The van der Waals surface area contributed by atoms with E-state index in [2.05, 4.69) is 20.2 Å². The minimum atomic E-state index is -4.62. The van der Waals surface area contributed by atoms with E-state index in [1.807, 2.05) is 6.92 Å². The summed E-state index contributed by atoms with van der Waals surface area (Å²) < 4.78 is 54.4. The van der Waals surface area contributed by atoms with E-state index in [1.54, 1.807) is 18.3 Å². The zero-order chi connectivity index (χ0) is 18.5. The summed E-state index contributed by atoms with van der Waals surface area (Å²) in [6.07, 6.45) is -0.963. The fourth-order valence-corrected chi connectivity index (χ4v) is 2.81. The van der Waals surface area contributed by atoms with Crippen LogP contribution in [0.4, 0.5) is 17.6 Å². The second-order valence-electron chi connectivity index (χ2n) is 5.78. The number of pyridine rings is 1. The van der Waals surface area contributed by atoms with Crippen molar-refractivity contribution in [1.82, 2.24) is 24.7 Å². The second-order valence-corrected chi connectivity index (χ2v) is 5.78. The van der Waals surface area contributed by atoms with Crippen LogP contribution in [-0.2, 0) is 6.18 Å². The Morgan fingerprint density at radius 2 is 1.96 bits per heavy atom. The molecule has 132 valence electrons. The molecule has 5 nitrogen and oxygen atoms in total. The molecule has 0 aliphatic heterocycles. The maximum atomic E-state index is 13.5. The Hall–Kier alpha value is -3.23. The van der Waals surface area contributed by atoms with Gasteiger partial charge in [-0.3, -0.25) is 9.67 Å². The van der Waals surface area contributed by atoms with Gasteiger partial charge in [-0.2, -0.15) is 22.7 Å². The van der Waals surface area contributed by atoms with E-state index in [1.165, 1.54) is 16.8 Å². The van der Waals surface area contributed by atoms with Crippen molar-refractivity contribution in [2.24, 2.45) is 0 Å². The summed E-state index contributed by atoms with van der Waals surface area (Å²) in [6, 6.07) is 5.85. The monoisotopic (exact) mass is 361 g/mol. The first-order valence-corrected chi connectivity index (χ1v) is 7.55. The van der Waals surface area contributed by atoms with Gasteiger partial charge in [-0.25, -0.2) is 9.97 Å². The zero-order valence-corrected chi connectivity index (χ0v) is 13.3. The summed E-state index contributed by atoms with van der Waals surface area (Å²) in [4.78, 5) is 7.12. The number of rotatable bonds is 2. The largest absolute Gasteiger partial charge is 0.434 e. The number of nitrogens with one attached hydrogen (secondary N) is 1. The molecule has 1 N–H and O–H groups in total. The molecule has 0 atom stereocenters. The number of imidazole rings is 1. The molecule has 0 amide bonds. The SMILES string of the molecule is Cc1cc(-n2cc(C(F)(F)F)nc2-c2ccnc(F)c2)cc2cn[nH]c12. The highest BCUT2D eigenvalue weighted by Gasteiger charge is 2.35. The molecule has 0 fully saturated rings. The van der Waals surface area contributed by atoms with Crippen LogP contribution in [-0.4, -0.2) is 24.7 Å². The number of hydrogen-bond acceptors (Lipinski definition) is 3. The molecule has 0 aliphatic carbocycles. The molecule has 0 bridgehead atoms. The molecule has 0 saturated carbocycles. The van der Waals surface area contributed by atoms with Crippen LogP contribution in [0.25, 0.3) is 28.0 Å². The van der Waals surface area contributed by atoms with Crippen LogP contribution >= 0.6 is 0 Å². The number of fused-ring (bicyclic) bond motifs is 1. The van der Waals surface area contributed by atoms with Crippen LogP contribution in [0.1, 0.15) is 11.3 Å². The lowest BCUT2D eigenvalue weighted by Crippen LogP contribution is -2.05. The molecule has 4 aromatic rings. The van der Waals surface area contributed by atoms with Crippen LogP contribution in [0.5, 0.6) is 0 Å². The number of halogens is 4. The first-order chi connectivity index (χ1) is 12.3. The van der Waals surface area contributed by atoms with E-state index in [4.69, 9.17) is 0 Å². The molecular formula is C17H11F4N5. The third-order valence-corrected chi connectivity index (χ3v) is 3.99. The van der Waals surface area contributed by atoms with E-state index in [0.29, 0.717) is 5.69 Å². The van der Waals surface area contributed by atoms with E-state index in [9.17, 15) is 17.6 Å². The van der Waals surface area contributed by atoms with E-state index in [0.717, 1.165) is 28.7 Å². The van der Waals surface area contributed by atoms with Gasteiger partial charge < -0.3 is 0 Å². The molecule has 26 heavy (non-hydrogen) atoms. The first kappa shape index (κ1) is 16.2. The molecule has 0 unspecified atom stereocenters. The second kappa shape index (κ2) is 5.65. The number of nitrogens with zero attached hydrogens (tertiary/aromatic N) is 4. The van der Waals surface area contributed by atoms with E-state index < -0.39 is 17.8 Å². The Bertz CT molecular complexity index is 1110. The van der Waals surface area contributed by atoms with Crippen molar-refractivity contribution in [1.29, 1.82) is 0 Å². The summed E-state index contributed by atoms with van der Waals surface area (Å²) >= 11 is 0. The maximum absolute atomic E-state index is 13.5. The highest BCUT2D eigenvalue weighted by atomic mass is 19.4. The summed E-state index contributed by atoms with van der Waals surface area (Å²) in [5.41, 5.74) is 1.20. The summed E-state index contributed by atoms with van der Waals surface area (Å²) in [6.45, 7) is 1.82. The summed E-state index contributed by atoms with van der Waals surface area (Å²) in [5, 5.41) is 7.53. The van der Waals surface area contributed by atoms with Crippen LogP contribution in [0.2, 0.25) is 0 Å². The normalized spacial score (nSPS) is 12.0. The first-order valence-electron chi connectivity index (χ1n) is 7.55. The molecule has 3 heterocycles. The predicted molar refractivity (Wildman–Crippen MR) is 86.1 cm³/mol. The standard InChI is InChI=1S/C17H11F4N5/c1-9-4-12(5-11-7-23-25-15(9)11)26-8-13(17(19,20)21)24-16(26)10-2-3-22-14(18)6-10/h2-8H,1H3,(H,23,25). The zero-order valence-electron chi connectivity index (χ0n) is 13.3. The number of aryl methyl sites for hydroxylation is 1. The molecular weight excluding hydrogens is 350 g/mol. The van der Waals surface area contributed by atoms with Gasteiger partial charge in [0.2, 0.25) is 5.95 Å². The fourth-order valence-electron chi connectivity index (χ4n) is 2.81. The number of aromatic amines is 1. The third kappa shape index (κ3) is 2.71.